The lowest BCUT2D eigenvalue weighted by Gasteiger charge is -2.33. The molecule has 2 N–H and O–H groups in total. The first-order valence-electron chi connectivity index (χ1n) is 8.15. The standard InChI is InChI=1S/C17H25ClN2O3/c1-2-19-17(22)13-4-3-9-20(10-13)11-15(21)12-23-16-7-5-14(18)6-8-16/h5-8,13,15,21H,2-4,9-12H2,1H3,(H,19,22). The van der Waals surface area contributed by atoms with E-state index in [-0.39, 0.29) is 18.4 Å². The van der Waals surface area contributed by atoms with Gasteiger partial charge in [-0.25, -0.2) is 0 Å². The molecule has 1 saturated heterocycles. The number of nitrogens with zero attached hydrogens (tertiary/aromatic N) is 1. The number of piperidine rings is 1. The normalized spacial score (nSPS) is 20.0. The highest BCUT2D eigenvalue weighted by Crippen LogP contribution is 2.18. The zero-order chi connectivity index (χ0) is 16.7. The molecule has 0 aliphatic carbocycles. The lowest BCUT2D eigenvalue weighted by Crippen LogP contribution is -2.46. The fourth-order valence-corrected chi connectivity index (χ4v) is 2.95. The summed E-state index contributed by atoms with van der Waals surface area (Å²) in [5.41, 5.74) is 0. The molecule has 1 aliphatic heterocycles. The number of likely N-dealkylation sites (tertiary alicyclic amines) is 1. The minimum atomic E-state index is -0.585. The van der Waals surface area contributed by atoms with E-state index >= 15 is 0 Å². The van der Waals surface area contributed by atoms with E-state index in [9.17, 15) is 9.90 Å². The van der Waals surface area contributed by atoms with E-state index < -0.39 is 6.10 Å². The quantitative estimate of drug-likeness (QED) is 0.796. The molecule has 23 heavy (non-hydrogen) atoms. The SMILES string of the molecule is CCNC(=O)C1CCCN(CC(O)COc2ccc(Cl)cc2)C1. The molecular weight excluding hydrogens is 316 g/mol. The van der Waals surface area contributed by atoms with Gasteiger partial charge in [0.2, 0.25) is 5.91 Å². The molecule has 2 unspecified atom stereocenters. The number of aliphatic hydroxyl groups is 1. The molecule has 1 amide bonds. The third-order valence-electron chi connectivity index (χ3n) is 3.95. The number of halogens is 1. The van der Waals surface area contributed by atoms with Crippen LogP contribution < -0.4 is 10.1 Å². The molecule has 0 aromatic heterocycles. The lowest BCUT2D eigenvalue weighted by molar-refractivity contribution is -0.126. The molecule has 2 rings (SSSR count). The van der Waals surface area contributed by atoms with Crippen molar-refractivity contribution in [2.24, 2.45) is 5.92 Å². The van der Waals surface area contributed by atoms with Crippen LogP contribution in [0, 0.1) is 5.92 Å². The number of nitrogens with one attached hydrogen (secondary N) is 1. The van der Waals surface area contributed by atoms with Gasteiger partial charge in [0.15, 0.2) is 0 Å². The lowest BCUT2D eigenvalue weighted by atomic mass is 9.97. The summed E-state index contributed by atoms with van der Waals surface area (Å²) in [7, 11) is 0. The Morgan fingerprint density at radius 3 is 2.91 bits per heavy atom. The van der Waals surface area contributed by atoms with E-state index in [1.807, 2.05) is 6.92 Å². The zero-order valence-corrected chi connectivity index (χ0v) is 14.3. The van der Waals surface area contributed by atoms with Gasteiger partial charge >= 0.3 is 0 Å². The van der Waals surface area contributed by atoms with Crippen LogP contribution >= 0.6 is 11.6 Å². The number of carbonyl (C=O) groups excluding carboxylic acids is 1. The Balaban J connectivity index is 1.74. The number of ether oxygens (including phenoxy) is 1. The number of carbonyl (C=O) groups is 1. The molecule has 0 saturated carbocycles. The summed E-state index contributed by atoms with van der Waals surface area (Å²) in [5, 5.41) is 13.7. The van der Waals surface area contributed by atoms with Crippen LogP contribution in [-0.2, 0) is 4.79 Å². The summed E-state index contributed by atoms with van der Waals surface area (Å²) in [6.07, 6.45) is 1.31. The van der Waals surface area contributed by atoms with Crippen molar-refractivity contribution in [3.63, 3.8) is 0 Å². The molecule has 1 aromatic rings. The Morgan fingerprint density at radius 1 is 1.48 bits per heavy atom. The maximum Gasteiger partial charge on any atom is 0.224 e. The molecule has 2 atom stereocenters. The van der Waals surface area contributed by atoms with E-state index in [0.717, 1.165) is 19.4 Å². The van der Waals surface area contributed by atoms with Gasteiger partial charge in [-0.3, -0.25) is 9.69 Å². The number of β-amino-alcohol motifs (C(OH)–C–C–N with tert-alkyl or cyclic N) is 1. The van der Waals surface area contributed by atoms with E-state index in [2.05, 4.69) is 10.2 Å². The summed E-state index contributed by atoms with van der Waals surface area (Å²) in [6.45, 7) is 4.94. The first-order valence-corrected chi connectivity index (χ1v) is 8.52. The van der Waals surface area contributed by atoms with Crippen molar-refractivity contribution in [1.82, 2.24) is 10.2 Å². The summed E-state index contributed by atoms with van der Waals surface area (Å²) >= 11 is 5.82. The van der Waals surface area contributed by atoms with E-state index in [1.54, 1.807) is 24.3 Å². The first kappa shape index (κ1) is 18.0. The fourth-order valence-electron chi connectivity index (χ4n) is 2.83. The molecule has 0 spiro atoms. The van der Waals surface area contributed by atoms with Crippen LogP contribution in [0.15, 0.2) is 24.3 Å². The fraction of sp³-hybridized carbons (Fsp3) is 0.588. The number of hydrogen-bond acceptors (Lipinski definition) is 4. The number of rotatable bonds is 7. The van der Waals surface area contributed by atoms with Crippen LogP contribution in [0.2, 0.25) is 5.02 Å². The number of benzene rings is 1. The van der Waals surface area contributed by atoms with Crippen LogP contribution in [0.1, 0.15) is 19.8 Å². The van der Waals surface area contributed by atoms with Crippen LogP contribution in [0.5, 0.6) is 5.75 Å². The van der Waals surface area contributed by atoms with Crippen LogP contribution in [0.25, 0.3) is 0 Å². The molecule has 128 valence electrons. The van der Waals surface area contributed by atoms with Gasteiger partial charge in [0.05, 0.1) is 5.92 Å². The van der Waals surface area contributed by atoms with Crippen molar-refractivity contribution in [3.8, 4) is 5.75 Å². The van der Waals surface area contributed by atoms with Crippen molar-refractivity contribution < 1.29 is 14.6 Å². The topological polar surface area (TPSA) is 61.8 Å². The van der Waals surface area contributed by atoms with E-state index in [4.69, 9.17) is 16.3 Å². The Labute approximate surface area is 142 Å². The summed E-state index contributed by atoms with van der Waals surface area (Å²) in [5.74, 6) is 0.824. The summed E-state index contributed by atoms with van der Waals surface area (Å²) in [6, 6.07) is 7.07. The highest BCUT2D eigenvalue weighted by molar-refractivity contribution is 6.30. The maximum atomic E-state index is 11.9. The molecule has 5 nitrogen and oxygen atoms in total. The molecule has 6 heteroatoms. The van der Waals surface area contributed by atoms with Gasteiger partial charge in [-0.15, -0.1) is 0 Å². The van der Waals surface area contributed by atoms with Gasteiger partial charge in [-0.2, -0.15) is 0 Å². The average Bonchev–Trinajstić information content (AvgIpc) is 2.55. The molecular formula is C17H25ClN2O3. The first-order chi connectivity index (χ1) is 11.1. The van der Waals surface area contributed by atoms with E-state index in [0.29, 0.717) is 30.4 Å². The van der Waals surface area contributed by atoms with Gasteiger partial charge < -0.3 is 15.2 Å². The van der Waals surface area contributed by atoms with Crippen LogP contribution in [0.3, 0.4) is 0 Å². The molecule has 1 heterocycles. The largest absolute Gasteiger partial charge is 0.491 e. The van der Waals surface area contributed by atoms with Crippen molar-refractivity contribution in [2.75, 3.05) is 32.8 Å². The smallest absolute Gasteiger partial charge is 0.224 e. The average molecular weight is 341 g/mol. The van der Waals surface area contributed by atoms with Crippen molar-refractivity contribution in [3.05, 3.63) is 29.3 Å². The van der Waals surface area contributed by atoms with Gasteiger partial charge in [-0.05, 0) is 50.6 Å². The highest BCUT2D eigenvalue weighted by Gasteiger charge is 2.26. The van der Waals surface area contributed by atoms with Gasteiger partial charge in [0.25, 0.3) is 0 Å². The monoisotopic (exact) mass is 340 g/mol. The Morgan fingerprint density at radius 2 is 2.22 bits per heavy atom. The van der Waals surface area contributed by atoms with Crippen molar-refractivity contribution in [1.29, 1.82) is 0 Å². The second kappa shape index (κ2) is 9.11. The number of aliphatic hydroxyl groups excluding tert-OH is 1. The van der Waals surface area contributed by atoms with Gasteiger partial charge in [0.1, 0.15) is 18.5 Å². The van der Waals surface area contributed by atoms with Crippen LogP contribution in [-0.4, -0.2) is 54.8 Å². The second-order valence-electron chi connectivity index (χ2n) is 5.91. The van der Waals surface area contributed by atoms with Crippen LogP contribution in [0.4, 0.5) is 0 Å². The third-order valence-corrected chi connectivity index (χ3v) is 4.20. The Kier molecular flexibility index (Phi) is 7.15. The summed E-state index contributed by atoms with van der Waals surface area (Å²) < 4.78 is 5.56. The Bertz CT molecular complexity index is 495. The predicted molar refractivity (Wildman–Crippen MR) is 90.8 cm³/mol. The predicted octanol–water partition coefficient (Wildman–Crippen LogP) is 1.93. The molecule has 1 aliphatic rings. The highest BCUT2D eigenvalue weighted by atomic mass is 35.5. The maximum absolute atomic E-state index is 11.9. The molecule has 1 aromatic carbocycles. The number of hydrogen-bond donors (Lipinski definition) is 2. The summed E-state index contributed by atoms with van der Waals surface area (Å²) in [4.78, 5) is 14.1. The van der Waals surface area contributed by atoms with Gasteiger partial charge in [0, 0.05) is 24.7 Å². The van der Waals surface area contributed by atoms with Gasteiger partial charge in [-0.1, -0.05) is 11.6 Å². The minimum Gasteiger partial charge on any atom is -0.491 e. The van der Waals surface area contributed by atoms with Crippen molar-refractivity contribution in [2.45, 2.75) is 25.9 Å². The number of amides is 1. The minimum absolute atomic E-state index is 0.0214. The molecule has 0 radical (unpaired) electrons. The Hall–Kier alpha value is -1.30. The zero-order valence-electron chi connectivity index (χ0n) is 13.5. The molecule has 1 fully saturated rings. The second-order valence-corrected chi connectivity index (χ2v) is 6.35. The van der Waals surface area contributed by atoms with E-state index in [1.165, 1.54) is 0 Å². The third kappa shape index (κ3) is 6.01. The molecule has 0 bridgehead atoms. The van der Waals surface area contributed by atoms with Crippen molar-refractivity contribution >= 4 is 17.5 Å².